The molecule has 0 aliphatic carbocycles. The number of primary amides is 1. The van der Waals surface area contributed by atoms with Crippen LogP contribution >= 0.6 is 23.4 Å². The molecule has 0 unspecified atom stereocenters. The van der Waals surface area contributed by atoms with E-state index in [4.69, 9.17) is 17.3 Å². The summed E-state index contributed by atoms with van der Waals surface area (Å²) in [7, 11) is 0. The minimum Gasteiger partial charge on any atom is -0.369 e. The second-order valence-corrected chi connectivity index (χ2v) is 6.12. The van der Waals surface area contributed by atoms with Crippen LogP contribution in [0.15, 0.2) is 59.8 Å². The Kier molecular flexibility index (Phi) is 4.64. The van der Waals surface area contributed by atoms with Crippen molar-refractivity contribution in [3.8, 4) is 17.1 Å². The van der Waals surface area contributed by atoms with Crippen LogP contribution in [0.5, 0.6) is 0 Å². The molecule has 23 heavy (non-hydrogen) atoms. The van der Waals surface area contributed by atoms with E-state index in [0.717, 1.165) is 11.3 Å². The molecule has 1 aromatic heterocycles. The molecule has 2 N–H and O–H groups in total. The molecule has 7 heteroatoms. The van der Waals surface area contributed by atoms with Gasteiger partial charge in [0, 0.05) is 16.3 Å². The van der Waals surface area contributed by atoms with Crippen molar-refractivity contribution in [3.63, 3.8) is 0 Å². The third-order valence-corrected chi connectivity index (χ3v) is 4.30. The molecular formula is C16H13ClN4OS. The molecule has 5 nitrogen and oxygen atoms in total. The zero-order chi connectivity index (χ0) is 16.2. The maximum Gasteiger partial charge on any atom is 0.227 e. The molecule has 0 saturated carbocycles. The van der Waals surface area contributed by atoms with Gasteiger partial charge in [-0.3, -0.25) is 9.36 Å². The Hall–Kier alpha value is -2.31. The minimum absolute atomic E-state index is 0.144. The fourth-order valence-corrected chi connectivity index (χ4v) is 2.91. The van der Waals surface area contributed by atoms with Crippen molar-refractivity contribution in [1.82, 2.24) is 14.8 Å². The Bertz CT molecular complexity index is 818. The number of amides is 1. The van der Waals surface area contributed by atoms with Gasteiger partial charge in [0.25, 0.3) is 0 Å². The molecule has 3 aromatic rings. The highest BCUT2D eigenvalue weighted by atomic mass is 35.5. The zero-order valence-electron chi connectivity index (χ0n) is 12.0. The van der Waals surface area contributed by atoms with Crippen molar-refractivity contribution < 1.29 is 4.79 Å². The first-order chi connectivity index (χ1) is 11.1. The maximum atomic E-state index is 11.1. The SMILES string of the molecule is NC(=O)CSc1nnc(-c2ccc(Cl)cc2)n1-c1ccccc1. The highest BCUT2D eigenvalue weighted by Gasteiger charge is 2.16. The van der Waals surface area contributed by atoms with E-state index in [2.05, 4.69) is 10.2 Å². The molecule has 116 valence electrons. The quantitative estimate of drug-likeness (QED) is 0.721. The van der Waals surface area contributed by atoms with Gasteiger partial charge in [-0.2, -0.15) is 0 Å². The highest BCUT2D eigenvalue weighted by molar-refractivity contribution is 7.99. The van der Waals surface area contributed by atoms with Gasteiger partial charge in [-0.25, -0.2) is 0 Å². The largest absolute Gasteiger partial charge is 0.369 e. The summed E-state index contributed by atoms with van der Waals surface area (Å²) in [6.45, 7) is 0. The van der Waals surface area contributed by atoms with E-state index in [1.807, 2.05) is 47.0 Å². The Morgan fingerprint density at radius 1 is 1.09 bits per heavy atom. The van der Waals surface area contributed by atoms with Gasteiger partial charge < -0.3 is 5.73 Å². The van der Waals surface area contributed by atoms with Gasteiger partial charge in [-0.1, -0.05) is 41.6 Å². The van der Waals surface area contributed by atoms with Crippen LogP contribution in [0.1, 0.15) is 0 Å². The first-order valence-corrected chi connectivity index (χ1v) is 8.19. The van der Waals surface area contributed by atoms with Gasteiger partial charge in [-0.15, -0.1) is 10.2 Å². The molecule has 1 heterocycles. The maximum absolute atomic E-state index is 11.1. The standard InChI is InChI=1S/C16H13ClN4OS/c17-12-8-6-11(7-9-12)15-19-20-16(23-10-14(18)22)21(15)13-4-2-1-3-5-13/h1-9H,10H2,(H2,18,22). The second kappa shape index (κ2) is 6.85. The molecule has 0 aliphatic rings. The van der Waals surface area contributed by atoms with E-state index in [9.17, 15) is 4.79 Å². The lowest BCUT2D eigenvalue weighted by Gasteiger charge is -2.09. The van der Waals surface area contributed by atoms with Gasteiger partial charge in [0.15, 0.2) is 11.0 Å². The van der Waals surface area contributed by atoms with Gasteiger partial charge >= 0.3 is 0 Å². The number of rotatable bonds is 5. The fraction of sp³-hybridized carbons (Fsp3) is 0.0625. The van der Waals surface area contributed by atoms with Crippen LogP contribution in [0.3, 0.4) is 0 Å². The number of para-hydroxylation sites is 1. The smallest absolute Gasteiger partial charge is 0.227 e. The Morgan fingerprint density at radius 2 is 1.78 bits per heavy atom. The van der Waals surface area contributed by atoms with E-state index >= 15 is 0 Å². The number of nitrogens with two attached hydrogens (primary N) is 1. The number of hydrogen-bond donors (Lipinski definition) is 1. The third-order valence-electron chi connectivity index (χ3n) is 3.09. The monoisotopic (exact) mass is 344 g/mol. The van der Waals surface area contributed by atoms with Crippen molar-refractivity contribution in [2.45, 2.75) is 5.16 Å². The number of carbonyl (C=O) groups is 1. The summed E-state index contributed by atoms with van der Waals surface area (Å²) in [4.78, 5) is 11.1. The number of hydrogen-bond acceptors (Lipinski definition) is 4. The van der Waals surface area contributed by atoms with Crippen LogP contribution in [-0.2, 0) is 4.79 Å². The van der Waals surface area contributed by atoms with Crippen LogP contribution in [0.4, 0.5) is 0 Å². The van der Waals surface area contributed by atoms with Crippen molar-refractivity contribution in [2.75, 3.05) is 5.75 Å². The predicted octanol–water partition coefficient (Wildman–Crippen LogP) is 3.17. The second-order valence-electron chi connectivity index (χ2n) is 4.74. The molecular weight excluding hydrogens is 332 g/mol. The van der Waals surface area contributed by atoms with Crippen molar-refractivity contribution in [1.29, 1.82) is 0 Å². The Morgan fingerprint density at radius 3 is 2.43 bits per heavy atom. The van der Waals surface area contributed by atoms with E-state index in [0.29, 0.717) is 16.0 Å². The number of aromatic nitrogens is 3. The molecule has 3 rings (SSSR count). The number of halogens is 1. The molecule has 0 radical (unpaired) electrons. The average Bonchev–Trinajstić information content (AvgIpc) is 2.98. The predicted molar refractivity (Wildman–Crippen MR) is 91.7 cm³/mol. The lowest BCUT2D eigenvalue weighted by atomic mass is 10.2. The molecule has 0 bridgehead atoms. The first-order valence-electron chi connectivity index (χ1n) is 6.83. The van der Waals surface area contributed by atoms with E-state index < -0.39 is 5.91 Å². The van der Waals surface area contributed by atoms with Gasteiger partial charge in [0.2, 0.25) is 5.91 Å². The summed E-state index contributed by atoms with van der Waals surface area (Å²) in [5.41, 5.74) is 7.03. The number of carbonyl (C=O) groups excluding carboxylic acids is 1. The van der Waals surface area contributed by atoms with Crippen molar-refractivity contribution >= 4 is 29.3 Å². The summed E-state index contributed by atoms with van der Waals surface area (Å²) in [5, 5.41) is 9.73. The van der Waals surface area contributed by atoms with Crippen LogP contribution < -0.4 is 5.73 Å². The zero-order valence-corrected chi connectivity index (χ0v) is 13.6. The lowest BCUT2D eigenvalue weighted by molar-refractivity contribution is -0.115. The van der Waals surface area contributed by atoms with Gasteiger partial charge in [0.1, 0.15) is 0 Å². The molecule has 0 spiro atoms. The van der Waals surface area contributed by atoms with E-state index in [1.54, 1.807) is 12.1 Å². The molecule has 1 amide bonds. The van der Waals surface area contributed by atoms with Crippen molar-refractivity contribution in [2.24, 2.45) is 5.73 Å². The van der Waals surface area contributed by atoms with Crippen molar-refractivity contribution in [3.05, 3.63) is 59.6 Å². The van der Waals surface area contributed by atoms with Gasteiger partial charge in [0.05, 0.1) is 5.75 Å². The summed E-state index contributed by atoms with van der Waals surface area (Å²) in [5.74, 6) is 0.427. The number of benzene rings is 2. The molecule has 0 saturated heterocycles. The third kappa shape index (κ3) is 3.55. The Labute approximate surface area is 142 Å². The van der Waals surface area contributed by atoms with Crippen LogP contribution in [0.2, 0.25) is 5.02 Å². The molecule has 2 aromatic carbocycles. The molecule has 0 atom stereocenters. The lowest BCUT2D eigenvalue weighted by Crippen LogP contribution is -2.13. The molecule has 0 aliphatic heterocycles. The first kappa shape index (κ1) is 15.6. The molecule has 0 fully saturated rings. The summed E-state index contributed by atoms with van der Waals surface area (Å²) >= 11 is 7.20. The fourth-order valence-electron chi connectivity index (χ4n) is 2.09. The Balaban J connectivity index is 2.09. The highest BCUT2D eigenvalue weighted by Crippen LogP contribution is 2.28. The topological polar surface area (TPSA) is 73.8 Å². The average molecular weight is 345 g/mol. The number of nitrogens with zero attached hydrogens (tertiary/aromatic N) is 3. The summed E-state index contributed by atoms with van der Waals surface area (Å²) in [6.07, 6.45) is 0. The van der Waals surface area contributed by atoms with E-state index in [-0.39, 0.29) is 5.75 Å². The van der Waals surface area contributed by atoms with E-state index in [1.165, 1.54) is 11.8 Å². The van der Waals surface area contributed by atoms with Crippen LogP contribution in [0.25, 0.3) is 17.1 Å². The minimum atomic E-state index is -0.398. The van der Waals surface area contributed by atoms with Gasteiger partial charge in [-0.05, 0) is 36.4 Å². The number of thioether (sulfide) groups is 1. The van der Waals surface area contributed by atoms with Crippen LogP contribution in [0, 0.1) is 0 Å². The van der Waals surface area contributed by atoms with Crippen LogP contribution in [-0.4, -0.2) is 26.4 Å². The normalized spacial score (nSPS) is 10.7. The summed E-state index contributed by atoms with van der Waals surface area (Å²) < 4.78 is 1.90. The summed E-state index contributed by atoms with van der Waals surface area (Å²) in [6, 6.07) is 17.1.